The first-order valence-corrected chi connectivity index (χ1v) is 7.78. The maximum absolute atomic E-state index is 4.59. The number of para-hydroxylation sites is 1. The Morgan fingerprint density at radius 1 is 1.04 bits per heavy atom. The van der Waals surface area contributed by atoms with Gasteiger partial charge in [0.1, 0.15) is 17.3 Å². The van der Waals surface area contributed by atoms with Gasteiger partial charge in [-0.15, -0.1) is 12.4 Å². The number of rotatable bonds is 2. The van der Waals surface area contributed by atoms with Gasteiger partial charge in [0.2, 0.25) is 0 Å². The van der Waals surface area contributed by atoms with Gasteiger partial charge in [-0.25, -0.2) is 9.97 Å². The summed E-state index contributed by atoms with van der Waals surface area (Å²) < 4.78 is 1.03. The van der Waals surface area contributed by atoms with Crippen molar-refractivity contribution in [3.05, 3.63) is 58.8 Å². The van der Waals surface area contributed by atoms with Crippen LogP contribution in [-0.2, 0) is 0 Å². The number of aromatic nitrogens is 3. The number of fused-ring (bicyclic) bond motifs is 3. The lowest BCUT2D eigenvalue weighted by Gasteiger charge is -2.08. The van der Waals surface area contributed by atoms with E-state index in [0.29, 0.717) is 0 Å². The zero-order chi connectivity index (χ0) is 15.1. The van der Waals surface area contributed by atoms with Crippen molar-refractivity contribution in [1.82, 2.24) is 15.0 Å². The summed E-state index contributed by atoms with van der Waals surface area (Å²) in [5.41, 5.74) is 2.90. The summed E-state index contributed by atoms with van der Waals surface area (Å²) in [6.07, 6.45) is 0. The number of nitrogens with zero attached hydrogens (tertiary/aromatic N) is 2. The molecule has 0 aliphatic rings. The lowest BCUT2D eigenvalue weighted by atomic mass is 10.2. The molecule has 0 radical (unpaired) electrons. The predicted molar refractivity (Wildman–Crippen MR) is 101 cm³/mol. The maximum Gasteiger partial charge on any atom is 0.144 e. The highest BCUT2D eigenvalue weighted by molar-refractivity contribution is 9.10. The topological polar surface area (TPSA) is 53.6 Å². The molecule has 0 bridgehead atoms. The third-order valence-corrected chi connectivity index (χ3v) is 4.05. The van der Waals surface area contributed by atoms with Gasteiger partial charge in [0, 0.05) is 21.1 Å². The Morgan fingerprint density at radius 3 is 2.70 bits per heavy atom. The van der Waals surface area contributed by atoms with Gasteiger partial charge in [0.05, 0.1) is 5.39 Å². The first-order chi connectivity index (χ1) is 10.7. The van der Waals surface area contributed by atoms with E-state index >= 15 is 0 Å². The van der Waals surface area contributed by atoms with Crippen LogP contribution in [0.1, 0.15) is 5.82 Å². The number of H-pyrrole nitrogens is 1. The highest BCUT2D eigenvalue weighted by Crippen LogP contribution is 2.31. The third-order valence-electron chi connectivity index (χ3n) is 3.56. The third kappa shape index (κ3) is 2.90. The lowest BCUT2D eigenvalue weighted by molar-refractivity contribution is 1.08. The highest BCUT2D eigenvalue weighted by Gasteiger charge is 2.12. The van der Waals surface area contributed by atoms with Crippen LogP contribution in [0.25, 0.3) is 21.9 Å². The number of nitrogens with one attached hydrogen (secondary N) is 2. The number of aromatic amines is 1. The fraction of sp³-hybridized carbons (Fsp3) is 0.0588. The summed E-state index contributed by atoms with van der Waals surface area (Å²) in [6, 6.07) is 16.2. The van der Waals surface area contributed by atoms with Crippen molar-refractivity contribution in [2.45, 2.75) is 6.92 Å². The minimum absolute atomic E-state index is 0. The lowest BCUT2D eigenvalue weighted by Crippen LogP contribution is -1.98. The maximum atomic E-state index is 4.59. The molecule has 0 aliphatic heterocycles. The van der Waals surface area contributed by atoms with Crippen molar-refractivity contribution < 1.29 is 0 Å². The number of benzene rings is 2. The van der Waals surface area contributed by atoms with Gasteiger partial charge in [0.25, 0.3) is 0 Å². The summed E-state index contributed by atoms with van der Waals surface area (Å²) in [7, 11) is 0. The van der Waals surface area contributed by atoms with Crippen LogP contribution in [0.15, 0.2) is 53.0 Å². The molecule has 0 aliphatic carbocycles. The number of anilines is 2. The molecular weight excluding hydrogens is 376 g/mol. The van der Waals surface area contributed by atoms with Crippen molar-refractivity contribution in [3.63, 3.8) is 0 Å². The summed E-state index contributed by atoms with van der Waals surface area (Å²) in [4.78, 5) is 12.5. The average Bonchev–Trinajstić information content (AvgIpc) is 2.85. The van der Waals surface area contributed by atoms with E-state index in [1.807, 2.05) is 43.3 Å². The van der Waals surface area contributed by atoms with E-state index in [1.54, 1.807) is 0 Å². The normalized spacial score (nSPS) is 10.7. The van der Waals surface area contributed by atoms with E-state index in [0.717, 1.165) is 43.7 Å². The van der Waals surface area contributed by atoms with Crippen LogP contribution < -0.4 is 5.32 Å². The van der Waals surface area contributed by atoms with E-state index < -0.39 is 0 Å². The van der Waals surface area contributed by atoms with Crippen LogP contribution in [0.3, 0.4) is 0 Å². The average molecular weight is 390 g/mol. The van der Waals surface area contributed by atoms with Crippen LogP contribution >= 0.6 is 28.3 Å². The Morgan fingerprint density at radius 2 is 1.87 bits per heavy atom. The van der Waals surface area contributed by atoms with E-state index in [1.165, 1.54) is 0 Å². The van der Waals surface area contributed by atoms with Crippen molar-refractivity contribution >= 4 is 61.8 Å². The van der Waals surface area contributed by atoms with Gasteiger partial charge < -0.3 is 10.3 Å². The van der Waals surface area contributed by atoms with Crippen LogP contribution in [-0.4, -0.2) is 15.0 Å². The Bertz CT molecular complexity index is 996. The summed E-state index contributed by atoms with van der Waals surface area (Å²) >= 11 is 3.49. The van der Waals surface area contributed by atoms with Crippen LogP contribution in [0.5, 0.6) is 0 Å². The van der Waals surface area contributed by atoms with Gasteiger partial charge in [-0.3, -0.25) is 0 Å². The van der Waals surface area contributed by atoms with Crippen molar-refractivity contribution in [2.75, 3.05) is 5.32 Å². The second-order valence-corrected chi connectivity index (χ2v) is 6.06. The zero-order valence-electron chi connectivity index (χ0n) is 12.3. The molecular formula is C17H14BrClN4. The number of hydrogen-bond donors (Lipinski definition) is 2. The molecule has 0 spiro atoms. The van der Waals surface area contributed by atoms with Gasteiger partial charge in [-0.05, 0) is 31.2 Å². The smallest absolute Gasteiger partial charge is 0.144 e. The fourth-order valence-corrected chi connectivity index (χ4v) is 3.05. The largest absolute Gasteiger partial charge is 0.340 e. The zero-order valence-corrected chi connectivity index (χ0v) is 14.7. The van der Waals surface area contributed by atoms with Crippen molar-refractivity contribution in [3.8, 4) is 0 Å². The molecule has 4 rings (SSSR count). The van der Waals surface area contributed by atoms with Crippen LogP contribution in [0.4, 0.5) is 11.5 Å². The molecule has 0 atom stereocenters. The Labute approximate surface area is 147 Å². The number of hydrogen-bond acceptors (Lipinski definition) is 3. The molecule has 0 unspecified atom stereocenters. The van der Waals surface area contributed by atoms with Crippen molar-refractivity contribution in [1.29, 1.82) is 0 Å². The molecule has 116 valence electrons. The number of aryl methyl sites for hydroxylation is 1. The van der Waals surface area contributed by atoms with Gasteiger partial charge in [-0.1, -0.05) is 40.2 Å². The van der Waals surface area contributed by atoms with Crippen molar-refractivity contribution in [2.24, 2.45) is 0 Å². The Hall–Kier alpha value is -2.11. The number of halogens is 2. The Balaban J connectivity index is 0.00000156. The van der Waals surface area contributed by atoms with E-state index in [9.17, 15) is 0 Å². The molecule has 6 heteroatoms. The first-order valence-electron chi connectivity index (χ1n) is 6.98. The molecule has 2 heterocycles. The molecule has 0 saturated heterocycles. The Kier molecular flexibility index (Phi) is 4.24. The summed E-state index contributed by atoms with van der Waals surface area (Å²) in [6.45, 7) is 1.90. The minimum atomic E-state index is 0. The van der Waals surface area contributed by atoms with Gasteiger partial charge >= 0.3 is 0 Å². The predicted octanol–water partition coefficient (Wildman–Crippen LogP) is 5.35. The molecule has 2 aromatic carbocycles. The van der Waals surface area contributed by atoms with E-state index in [4.69, 9.17) is 0 Å². The molecule has 0 saturated carbocycles. The standard InChI is InChI=1S/C17H13BrN4.ClH/c1-10-19-16(21-12-6-4-5-11(18)9-12)15-13-7-2-3-8-14(13)22-17(15)20-10;/h2-9H,1H3,(H2,19,20,21,22);1H. The molecule has 0 fully saturated rings. The minimum Gasteiger partial charge on any atom is -0.340 e. The second-order valence-electron chi connectivity index (χ2n) is 5.15. The SMILES string of the molecule is Cc1nc(Nc2cccc(Br)c2)c2c(n1)[nH]c1ccccc12.Cl. The quantitative estimate of drug-likeness (QED) is 0.486. The van der Waals surface area contributed by atoms with Crippen LogP contribution in [0.2, 0.25) is 0 Å². The molecule has 2 N–H and O–H groups in total. The monoisotopic (exact) mass is 388 g/mol. The molecule has 2 aromatic heterocycles. The van der Waals surface area contributed by atoms with Crippen LogP contribution in [0, 0.1) is 6.92 Å². The molecule has 4 aromatic rings. The summed E-state index contributed by atoms with van der Waals surface area (Å²) in [5, 5.41) is 5.54. The molecule has 0 amide bonds. The second kappa shape index (κ2) is 6.18. The van der Waals surface area contributed by atoms with Gasteiger partial charge in [0.15, 0.2) is 0 Å². The first kappa shape index (κ1) is 15.8. The van der Waals surface area contributed by atoms with Gasteiger partial charge in [-0.2, -0.15) is 0 Å². The fourth-order valence-electron chi connectivity index (χ4n) is 2.65. The molecule has 23 heavy (non-hydrogen) atoms. The van der Waals surface area contributed by atoms with E-state index in [2.05, 4.69) is 48.3 Å². The molecule has 4 nitrogen and oxygen atoms in total. The highest BCUT2D eigenvalue weighted by atomic mass is 79.9. The van der Waals surface area contributed by atoms with E-state index in [-0.39, 0.29) is 12.4 Å². The summed E-state index contributed by atoms with van der Waals surface area (Å²) in [5.74, 6) is 1.55.